The van der Waals surface area contributed by atoms with Gasteiger partial charge in [-0.2, -0.15) is 0 Å². The number of amides is 1. The standard InChI is InChI=1S/C14H23NO4/c1-10-3-5-11(6-4-10)13(18)15-8-14(2,9-15)19-7-12(16)17/h10-11H,3-9H2,1-2H3,(H,16,17). The fraction of sp³-hybridized carbons (Fsp3) is 0.857. The van der Waals surface area contributed by atoms with E-state index in [1.165, 1.54) is 0 Å². The van der Waals surface area contributed by atoms with Crippen LogP contribution in [0.2, 0.25) is 0 Å². The van der Waals surface area contributed by atoms with E-state index in [1.54, 1.807) is 0 Å². The van der Waals surface area contributed by atoms with Crippen LogP contribution in [-0.4, -0.2) is 47.2 Å². The van der Waals surface area contributed by atoms with Crippen molar-refractivity contribution in [1.82, 2.24) is 4.90 Å². The van der Waals surface area contributed by atoms with Gasteiger partial charge in [-0.25, -0.2) is 4.79 Å². The molecule has 1 aliphatic heterocycles. The molecule has 1 aliphatic carbocycles. The van der Waals surface area contributed by atoms with E-state index in [9.17, 15) is 9.59 Å². The number of carboxylic acid groups (broad SMARTS) is 1. The first-order chi connectivity index (χ1) is 8.89. The number of hydrogen-bond acceptors (Lipinski definition) is 3. The van der Waals surface area contributed by atoms with Crippen LogP contribution in [0.15, 0.2) is 0 Å². The minimum atomic E-state index is -0.965. The van der Waals surface area contributed by atoms with Crippen LogP contribution in [0, 0.1) is 11.8 Å². The topological polar surface area (TPSA) is 66.8 Å². The summed E-state index contributed by atoms with van der Waals surface area (Å²) in [5.74, 6) is 0.167. The number of likely N-dealkylation sites (tertiary alicyclic amines) is 1. The molecule has 0 aromatic heterocycles. The van der Waals surface area contributed by atoms with Crippen LogP contribution < -0.4 is 0 Å². The molecule has 0 unspecified atom stereocenters. The van der Waals surface area contributed by atoms with Gasteiger partial charge in [0, 0.05) is 5.92 Å². The summed E-state index contributed by atoms with van der Waals surface area (Å²) in [5.41, 5.74) is -0.476. The summed E-state index contributed by atoms with van der Waals surface area (Å²) in [7, 11) is 0. The first-order valence-corrected chi connectivity index (χ1v) is 7.04. The second kappa shape index (κ2) is 5.49. The highest BCUT2D eigenvalue weighted by Crippen LogP contribution is 2.33. The number of ether oxygens (including phenoxy) is 1. The largest absolute Gasteiger partial charge is 0.480 e. The summed E-state index contributed by atoms with van der Waals surface area (Å²) in [6.07, 6.45) is 4.25. The molecule has 2 aliphatic rings. The molecule has 1 saturated carbocycles. The van der Waals surface area contributed by atoms with Crippen LogP contribution in [0.5, 0.6) is 0 Å². The van der Waals surface area contributed by atoms with Gasteiger partial charge in [-0.15, -0.1) is 0 Å². The predicted octanol–water partition coefficient (Wildman–Crippen LogP) is 1.51. The predicted molar refractivity (Wildman–Crippen MR) is 69.7 cm³/mol. The lowest BCUT2D eigenvalue weighted by atomic mass is 9.81. The molecule has 0 bridgehead atoms. The monoisotopic (exact) mass is 269 g/mol. The Morgan fingerprint density at radius 2 is 1.84 bits per heavy atom. The average molecular weight is 269 g/mol. The van der Waals surface area contributed by atoms with Crippen LogP contribution in [-0.2, 0) is 14.3 Å². The first-order valence-electron chi connectivity index (χ1n) is 7.04. The molecule has 1 saturated heterocycles. The Kier molecular flexibility index (Phi) is 4.13. The van der Waals surface area contributed by atoms with Gasteiger partial charge < -0.3 is 14.7 Å². The molecule has 0 atom stereocenters. The van der Waals surface area contributed by atoms with E-state index < -0.39 is 11.6 Å². The van der Waals surface area contributed by atoms with Crippen molar-refractivity contribution in [3.05, 3.63) is 0 Å². The minimum absolute atomic E-state index is 0.167. The maximum absolute atomic E-state index is 12.3. The number of carboxylic acids is 1. The molecule has 0 radical (unpaired) electrons. The summed E-state index contributed by atoms with van der Waals surface area (Å²) >= 11 is 0. The van der Waals surface area contributed by atoms with Crippen molar-refractivity contribution in [3.8, 4) is 0 Å². The van der Waals surface area contributed by atoms with Crippen molar-refractivity contribution in [3.63, 3.8) is 0 Å². The molecule has 1 N–H and O–H groups in total. The smallest absolute Gasteiger partial charge is 0.329 e. The van der Waals surface area contributed by atoms with Crippen molar-refractivity contribution in [2.45, 2.75) is 45.1 Å². The minimum Gasteiger partial charge on any atom is -0.480 e. The molecule has 2 fully saturated rings. The molecule has 5 nitrogen and oxygen atoms in total. The van der Waals surface area contributed by atoms with Crippen LogP contribution in [0.25, 0.3) is 0 Å². The Hall–Kier alpha value is -1.10. The number of rotatable bonds is 4. The summed E-state index contributed by atoms with van der Waals surface area (Å²) in [6.45, 7) is 4.85. The van der Waals surface area contributed by atoms with Gasteiger partial charge in [-0.3, -0.25) is 4.79 Å². The number of carbonyl (C=O) groups is 2. The highest BCUT2D eigenvalue weighted by atomic mass is 16.5. The van der Waals surface area contributed by atoms with Gasteiger partial charge in [0.25, 0.3) is 0 Å². The van der Waals surface area contributed by atoms with Crippen LogP contribution in [0.3, 0.4) is 0 Å². The third kappa shape index (κ3) is 3.47. The Labute approximate surface area is 113 Å². The zero-order valence-corrected chi connectivity index (χ0v) is 11.7. The van der Waals surface area contributed by atoms with E-state index in [1.807, 2.05) is 11.8 Å². The van der Waals surface area contributed by atoms with Crippen molar-refractivity contribution >= 4 is 11.9 Å². The van der Waals surface area contributed by atoms with Gasteiger partial charge in [0.1, 0.15) is 12.2 Å². The zero-order valence-electron chi connectivity index (χ0n) is 11.7. The molecule has 0 spiro atoms. The highest BCUT2D eigenvalue weighted by molar-refractivity contribution is 5.80. The SMILES string of the molecule is CC1CCC(C(=O)N2CC(C)(OCC(=O)O)C2)CC1. The molecule has 5 heteroatoms. The van der Waals surface area contributed by atoms with Gasteiger partial charge in [0.15, 0.2) is 0 Å². The van der Waals surface area contributed by atoms with Crippen molar-refractivity contribution < 1.29 is 19.4 Å². The maximum atomic E-state index is 12.3. The lowest BCUT2D eigenvalue weighted by Gasteiger charge is -2.48. The Morgan fingerprint density at radius 3 is 2.37 bits per heavy atom. The Balaban J connectivity index is 1.76. The maximum Gasteiger partial charge on any atom is 0.329 e. The summed E-state index contributed by atoms with van der Waals surface area (Å²) in [4.78, 5) is 24.5. The van der Waals surface area contributed by atoms with Gasteiger partial charge in [-0.05, 0) is 38.5 Å². The van der Waals surface area contributed by atoms with Crippen LogP contribution in [0.4, 0.5) is 0 Å². The summed E-state index contributed by atoms with van der Waals surface area (Å²) < 4.78 is 5.32. The third-order valence-electron chi connectivity index (χ3n) is 4.27. The highest BCUT2D eigenvalue weighted by Gasteiger charge is 2.44. The van der Waals surface area contributed by atoms with Gasteiger partial charge in [0.2, 0.25) is 5.91 Å². The van der Waals surface area contributed by atoms with E-state index >= 15 is 0 Å². The van der Waals surface area contributed by atoms with E-state index in [2.05, 4.69) is 6.92 Å². The lowest BCUT2D eigenvalue weighted by molar-refractivity contribution is -0.176. The number of carbonyl (C=O) groups excluding carboxylic acids is 1. The Bertz CT molecular complexity index is 354. The van der Waals surface area contributed by atoms with Crippen molar-refractivity contribution in [2.75, 3.05) is 19.7 Å². The quantitative estimate of drug-likeness (QED) is 0.840. The molecule has 1 amide bonds. The molecular formula is C14H23NO4. The molecule has 108 valence electrons. The van der Waals surface area contributed by atoms with Gasteiger partial charge in [-0.1, -0.05) is 6.92 Å². The molecule has 19 heavy (non-hydrogen) atoms. The fourth-order valence-electron chi connectivity index (χ4n) is 3.01. The fourth-order valence-corrected chi connectivity index (χ4v) is 3.01. The van der Waals surface area contributed by atoms with E-state index in [-0.39, 0.29) is 18.4 Å². The number of aliphatic carboxylic acids is 1. The normalized spacial score (nSPS) is 29.7. The summed E-state index contributed by atoms with van der Waals surface area (Å²) in [6, 6.07) is 0. The van der Waals surface area contributed by atoms with Gasteiger partial charge >= 0.3 is 5.97 Å². The van der Waals surface area contributed by atoms with E-state index in [0.717, 1.165) is 31.6 Å². The molecular weight excluding hydrogens is 246 g/mol. The second-order valence-electron chi connectivity index (χ2n) is 6.28. The molecule has 1 heterocycles. The lowest BCUT2D eigenvalue weighted by Crippen LogP contribution is -2.64. The van der Waals surface area contributed by atoms with Crippen LogP contribution in [0.1, 0.15) is 39.5 Å². The van der Waals surface area contributed by atoms with Crippen LogP contribution >= 0.6 is 0 Å². The zero-order chi connectivity index (χ0) is 14.0. The second-order valence-corrected chi connectivity index (χ2v) is 6.28. The molecule has 0 aromatic carbocycles. The van der Waals surface area contributed by atoms with Crippen molar-refractivity contribution in [1.29, 1.82) is 0 Å². The molecule has 0 aromatic rings. The average Bonchev–Trinajstić information content (AvgIpc) is 2.33. The van der Waals surface area contributed by atoms with Crippen molar-refractivity contribution in [2.24, 2.45) is 11.8 Å². The van der Waals surface area contributed by atoms with E-state index in [4.69, 9.17) is 9.84 Å². The number of nitrogens with zero attached hydrogens (tertiary/aromatic N) is 1. The Morgan fingerprint density at radius 1 is 1.26 bits per heavy atom. The number of hydrogen-bond donors (Lipinski definition) is 1. The van der Waals surface area contributed by atoms with Gasteiger partial charge in [0.05, 0.1) is 13.1 Å². The van der Waals surface area contributed by atoms with E-state index in [0.29, 0.717) is 13.1 Å². The summed E-state index contributed by atoms with van der Waals surface area (Å²) in [5, 5.41) is 8.59. The molecule has 2 rings (SSSR count). The third-order valence-corrected chi connectivity index (χ3v) is 4.27. The first kappa shape index (κ1) is 14.3.